The van der Waals surface area contributed by atoms with Crippen LogP contribution in [0.25, 0.3) is 10.9 Å². The Morgan fingerprint density at radius 3 is 2.33 bits per heavy atom. The highest BCUT2D eigenvalue weighted by molar-refractivity contribution is 5.94. The molecule has 208 valence electrons. The molecule has 0 spiro atoms. The lowest BCUT2D eigenvalue weighted by Crippen LogP contribution is -2.57. The minimum absolute atomic E-state index is 0.00708. The van der Waals surface area contributed by atoms with E-state index in [0.29, 0.717) is 11.3 Å². The van der Waals surface area contributed by atoms with Crippen molar-refractivity contribution in [1.82, 2.24) is 30.9 Å². The quantitative estimate of drug-likeness (QED) is 0.130. The van der Waals surface area contributed by atoms with Crippen LogP contribution in [-0.2, 0) is 36.8 Å². The molecule has 0 aliphatic carbocycles. The van der Waals surface area contributed by atoms with Crippen molar-refractivity contribution in [2.24, 2.45) is 5.73 Å². The van der Waals surface area contributed by atoms with Gasteiger partial charge in [0.2, 0.25) is 17.7 Å². The van der Waals surface area contributed by atoms with Crippen LogP contribution in [0.3, 0.4) is 0 Å². The number of carboxylic acid groups (broad SMARTS) is 2. The number of nitrogens with zero attached hydrogens (tertiary/aromatic N) is 1. The van der Waals surface area contributed by atoms with Gasteiger partial charge in [-0.05, 0) is 25.0 Å². The molecule has 0 aliphatic rings. The number of hydrogen-bond donors (Lipinski definition) is 8. The molecule has 0 radical (unpaired) electrons. The molecule has 9 N–H and O–H groups in total. The van der Waals surface area contributed by atoms with Crippen molar-refractivity contribution in [1.29, 1.82) is 0 Å². The number of H-pyrrole nitrogens is 2. The SMILES string of the molecule is CC(NC(=O)C(N)Cc1cnc[nH]1)C(=O)NC(Cc1c[nH]c2ccccc12)C(=O)NC(CCC(=O)O)C(=O)O. The molecule has 39 heavy (non-hydrogen) atoms. The van der Waals surface area contributed by atoms with E-state index in [2.05, 4.69) is 30.9 Å². The smallest absolute Gasteiger partial charge is 0.326 e. The van der Waals surface area contributed by atoms with E-state index in [4.69, 9.17) is 10.8 Å². The number of imidazole rings is 1. The van der Waals surface area contributed by atoms with E-state index in [1.54, 1.807) is 6.20 Å². The Bertz CT molecular complexity index is 1320. The molecule has 0 bridgehead atoms. The number of aliphatic carboxylic acids is 2. The van der Waals surface area contributed by atoms with Crippen molar-refractivity contribution in [3.8, 4) is 0 Å². The number of aromatic amines is 2. The second-order valence-corrected chi connectivity index (χ2v) is 9.07. The van der Waals surface area contributed by atoms with Crippen molar-refractivity contribution in [3.05, 3.63) is 54.2 Å². The van der Waals surface area contributed by atoms with Crippen LogP contribution in [0.4, 0.5) is 0 Å². The molecule has 0 saturated heterocycles. The number of para-hydroxylation sites is 1. The maximum atomic E-state index is 13.2. The van der Waals surface area contributed by atoms with Crippen LogP contribution >= 0.6 is 0 Å². The average Bonchev–Trinajstić information content (AvgIpc) is 3.55. The number of carbonyl (C=O) groups excluding carboxylic acids is 3. The summed E-state index contributed by atoms with van der Waals surface area (Å²) in [6, 6.07) is 2.55. The molecule has 0 saturated carbocycles. The van der Waals surface area contributed by atoms with Crippen LogP contribution in [0.1, 0.15) is 31.0 Å². The topological polar surface area (TPSA) is 232 Å². The lowest BCUT2D eigenvalue weighted by Gasteiger charge is -2.23. The highest BCUT2D eigenvalue weighted by Crippen LogP contribution is 2.19. The molecule has 0 fully saturated rings. The maximum Gasteiger partial charge on any atom is 0.326 e. The van der Waals surface area contributed by atoms with Crippen molar-refractivity contribution in [2.75, 3.05) is 0 Å². The Kier molecular flexibility index (Phi) is 9.75. The lowest BCUT2D eigenvalue weighted by molar-refractivity contribution is -0.143. The summed E-state index contributed by atoms with van der Waals surface area (Å²) in [6.07, 6.45) is 3.99. The first-order valence-electron chi connectivity index (χ1n) is 12.2. The number of aromatic nitrogens is 3. The fourth-order valence-corrected chi connectivity index (χ4v) is 3.94. The van der Waals surface area contributed by atoms with Gasteiger partial charge in [0.15, 0.2) is 0 Å². The number of carboxylic acids is 2. The summed E-state index contributed by atoms with van der Waals surface area (Å²) in [5, 5.41) is 26.6. The lowest BCUT2D eigenvalue weighted by atomic mass is 10.0. The Morgan fingerprint density at radius 1 is 0.949 bits per heavy atom. The van der Waals surface area contributed by atoms with E-state index in [-0.39, 0.29) is 19.3 Å². The highest BCUT2D eigenvalue weighted by atomic mass is 16.4. The third-order valence-corrected chi connectivity index (χ3v) is 6.08. The number of carbonyl (C=O) groups is 5. The molecule has 2 aromatic heterocycles. The third-order valence-electron chi connectivity index (χ3n) is 6.08. The van der Waals surface area contributed by atoms with E-state index >= 15 is 0 Å². The zero-order valence-corrected chi connectivity index (χ0v) is 21.1. The second-order valence-electron chi connectivity index (χ2n) is 9.07. The van der Waals surface area contributed by atoms with E-state index in [0.717, 1.165) is 10.9 Å². The molecule has 3 amide bonds. The summed E-state index contributed by atoms with van der Waals surface area (Å²) >= 11 is 0. The van der Waals surface area contributed by atoms with Crippen molar-refractivity contribution < 1.29 is 34.2 Å². The summed E-state index contributed by atoms with van der Waals surface area (Å²) in [7, 11) is 0. The van der Waals surface area contributed by atoms with E-state index in [9.17, 15) is 29.1 Å². The van der Waals surface area contributed by atoms with Crippen LogP contribution in [0, 0.1) is 0 Å². The molecule has 14 nitrogen and oxygen atoms in total. The van der Waals surface area contributed by atoms with Gasteiger partial charge in [-0.25, -0.2) is 9.78 Å². The van der Waals surface area contributed by atoms with Crippen LogP contribution in [-0.4, -0.2) is 79.0 Å². The first-order chi connectivity index (χ1) is 18.5. The number of nitrogens with two attached hydrogens (primary N) is 1. The number of amides is 3. The largest absolute Gasteiger partial charge is 0.481 e. The summed E-state index contributed by atoms with van der Waals surface area (Å²) < 4.78 is 0. The molecule has 4 unspecified atom stereocenters. The predicted octanol–water partition coefficient (Wildman–Crippen LogP) is -0.573. The number of nitrogens with one attached hydrogen (secondary N) is 5. The number of fused-ring (bicyclic) bond motifs is 1. The second kappa shape index (κ2) is 13.2. The van der Waals surface area contributed by atoms with Gasteiger partial charge in [-0.2, -0.15) is 0 Å². The normalized spacial score (nSPS) is 14.1. The van der Waals surface area contributed by atoms with Gasteiger partial charge in [-0.3, -0.25) is 19.2 Å². The molecule has 2 heterocycles. The predicted molar refractivity (Wildman–Crippen MR) is 138 cm³/mol. The molecule has 0 aliphatic heterocycles. The Morgan fingerprint density at radius 2 is 1.67 bits per heavy atom. The highest BCUT2D eigenvalue weighted by Gasteiger charge is 2.30. The van der Waals surface area contributed by atoms with Gasteiger partial charge in [0, 0.05) is 48.3 Å². The molecule has 3 rings (SSSR count). The van der Waals surface area contributed by atoms with Crippen LogP contribution < -0.4 is 21.7 Å². The molecule has 14 heteroatoms. The number of hydrogen-bond acceptors (Lipinski definition) is 7. The molecule has 1 aromatic carbocycles. The van der Waals surface area contributed by atoms with Gasteiger partial charge in [-0.15, -0.1) is 0 Å². The summed E-state index contributed by atoms with van der Waals surface area (Å²) in [5.41, 5.74) is 8.05. The fourth-order valence-electron chi connectivity index (χ4n) is 3.94. The summed E-state index contributed by atoms with van der Waals surface area (Å²) in [4.78, 5) is 71.0. The van der Waals surface area contributed by atoms with Gasteiger partial charge in [0.1, 0.15) is 18.1 Å². The van der Waals surface area contributed by atoms with Crippen LogP contribution in [0.15, 0.2) is 43.0 Å². The summed E-state index contributed by atoms with van der Waals surface area (Å²) in [6.45, 7) is 1.42. The molecule has 4 atom stereocenters. The first kappa shape index (κ1) is 28.8. The van der Waals surface area contributed by atoms with Gasteiger partial charge in [0.25, 0.3) is 0 Å². The van der Waals surface area contributed by atoms with Crippen molar-refractivity contribution >= 4 is 40.6 Å². The van der Waals surface area contributed by atoms with Crippen LogP contribution in [0.5, 0.6) is 0 Å². The molecular formula is C25H31N7O7. The van der Waals surface area contributed by atoms with Crippen molar-refractivity contribution in [3.63, 3.8) is 0 Å². The molecular weight excluding hydrogens is 510 g/mol. The monoisotopic (exact) mass is 541 g/mol. The Balaban J connectivity index is 1.73. The van der Waals surface area contributed by atoms with Crippen LogP contribution in [0.2, 0.25) is 0 Å². The van der Waals surface area contributed by atoms with Crippen molar-refractivity contribution in [2.45, 2.75) is 56.8 Å². The van der Waals surface area contributed by atoms with E-state index in [1.807, 2.05) is 24.3 Å². The molecule has 3 aromatic rings. The standard InChI is InChI=1S/C25H31N7O7/c1-13(30-23(36)17(26)9-15-11-27-12-29-15)22(35)32-20(8-14-10-28-18-5-3-2-4-16(14)18)24(37)31-19(25(38)39)6-7-21(33)34/h2-5,10-13,17,19-20,28H,6-9,26H2,1H3,(H,27,29)(H,30,36)(H,31,37)(H,32,35)(H,33,34)(H,38,39). The Labute approximate surface area is 222 Å². The van der Waals surface area contributed by atoms with Gasteiger partial charge >= 0.3 is 11.9 Å². The van der Waals surface area contributed by atoms with Gasteiger partial charge in [-0.1, -0.05) is 18.2 Å². The zero-order valence-electron chi connectivity index (χ0n) is 21.1. The van der Waals surface area contributed by atoms with E-state index < -0.39 is 60.2 Å². The maximum absolute atomic E-state index is 13.2. The zero-order chi connectivity index (χ0) is 28.5. The first-order valence-corrected chi connectivity index (χ1v) is 12.2. The third kappa shape index (κ3) is 8.13. The average molecular weight is 542 g/mol. The van der Waals surface area contributed by atoms with E-state index in [1.165, 1.54) is 19.4 Å². The van der Waals surface area contributed by atoms with Gasteiger partial charge in [0.05, 0.1) is 12.4 Å². The number of benzene rings is 1. The Hall–Kier alpha value is -4.72. The minimum atomic E-state index is -1.48. The fraction of sp³-hybridized carbons (Fsp3) is 0.360. The van der Waals surface area contributed by atoms with Gasteiger partial charge < -0.3 is 41.9 Å². The minimum Gasteiger partial charge on any atom is -0.481 e. The summed E-state index contributed by atoms with van der Waals surface area (Å²) in [5.74, 6) is -4.73. The number of rotatable bonds is 14.